The summed E-state index contributed by atoms with van der Waals surface area (Å²) >= 11 is 1.77. The van der Waals surface area contributed by atoms with Crippen molar-refractivity contribution in [3.8, 4) is 0 Å². The highest BCUT2D eigenvalue weighted by molar-refractivity contribution is 7.11. The number of rotatable bonds is 5. The average molecular weight is 296 g/mol. The molecule has 108 valence electrons. The molecule has 0 radical (unpaired) electrons. The van der Waals surface area contributed by atoms with Gasteiger partial charge in [-0.15, -0.1) is 11.3 Å². The molecule has 0 fully saturated rings. The number of benzene rings is 2. The molecule has 0 spiro atoms. The Bertz CT molecular complexity index is 733. The van der Waals surface area contributed by atoms with E-state index in [0.29, 0.717) is 0 Å². The maximum absolute atomic E-state index is 4.41. The zero-order chi connectivity index (χ0) is 14.7. The predicted octanol–water partition coefficient (Wildman–Crippen LogP) is 4.69. The third kappa shape index (κ3) is 3.14. The van der Waals surface area contributed by atoms with E-state index in [1.807, 2.05) is 6.20 Å². The van der Waals surface area contributed by atoms with Crippen molar-refractivity contribution < 1.29 is 0 Å². The SMILES string of the molecule is CCCNC(c1ccc2ccccc2c1)c1cnc(C)s1. The predicted molar refractivity (Wildman–Crippen MR) is 90.9 cm³/mol. The van der Waals surface area contributed by atoms with E-state index < -0.39 is 0 Å². The summed E-state index contributed by atoms with van der Waals surface area (Å²) in [6.45, 7) is 5.27. The Balaban J connectivity index is 2.00. The van der Waals surface area contributed by atoms with Gasteiger partial charge in [-0.3, -0.25) is 0 Å². The molecule has 1 unspecified atom stereocenters. The molecule has 0 aliphatic heterocycles. The van der Waals surface area contributed by atoms with Crippen LogP contribution in [0.2, 0.25) is 0 Å². The quantitative estimate of drug-likeness (QED) is 0.738. The summed E-state index contributed by atoms with van der Waals surface area (Å²) in [7, 11) is 0. The number of hydrogen-bond acceptors (Lipinski definition) is 3. The van der Waals surface area contributed by atoms with Gasteiger partial charge in [0, 0.05) is 11.1 Å². The molecule has 3 rings (SSSR count). The number of aromatic nitrogens is 1. The lowest BCUT2D eigenvalue weighted by molar-refractivity contribution is 0.605. The van der Waals surface area contributed by atoms with Crippen LogP contribution in [-0.4, -0.2) is 11.5 Å². The van der Waals surface area contributed by atoms with Gasteiger partial charge in [0.1, 0.15) is 0 Å². The highest BCUT2D eigenvalue weighted by Crippen LogP contribution is 2.29. The van der Waals surface area contributed by atoms with Gasteiger partial charge in [-0.1, -0.05) is 43.3 Å². The van der Waals surface area contributed by atoms with E-state index in [4.69, 9.17) is 0 Å². The van der Waals surface area contributed by atoms with Gasteiger partial charge in [0.05, 0.1) is 11.0 Å². The van der Waals surface area contributed by atoms with Gasteiger partial charge in [-0.2, -0.15) is 0 Å². The third-order valence-electron chi connectivity index (χ3n) is 3.63. The molecule has 3 aromatic rings. The molecule has 0 bridgehead atoms. The summed E-state index contributed by atoms with van der Waals surface area (Å²) < 4.78 is 0. The van der Waals surface area contributed by atoms with Crippen molar-refractivity contribution in [2.24, 2.45) is 0 Å². The smallest absolute Gasteiger partial charge is 0.0897 e. The van der Waals surface area contributed by atoms with Crippen molar-refractivity contribution >= 4 is 22.1 Å². The third-order valence-corrected chi connectivity index (χ3v) is 4.61. The number of nitrogens with one attached hydrogen (secondary N) is 1. The molecular weight excluding hydrogens is 276 g/mol. The zero-order valence-corrected chi connectivity index (χ0v) is 13.3. The van der Waals surface area contributed by atoms with Gasteiger partial charge in [0.2, 0.25) is 0 Å². The lowest BCUT2D eigenvalue weighted by Gasteiger charge is -2.18. The molecule has 0 saturated carbocycles. The van der Waals surface area contributed by atoms with Crippen molar-refractivity contribution in [2.45, 2.75) is 26.3 Å². The molecule has 0 aliphatic rings. The van der Waals surface area contributed by atoms with Gasteiger partial charge in [0.25, 0.3) is 0 Å². The highest BCUT2D eigenvalue weighted by atomic mass is 32.1. The topological polar surface area (TPSA) is 24.9 Å². The number of nitrogens with zero attached hydrogens (tertiary/aromatic N) is 1. The standard InChI is InChI=1S/C18H20N2S/c1-3-10-19-18(17-12-20-13(2)21-17)16-9-8-14-6-4-5-7-15(14)11-16/h4-9,11-12,18-19H,3,10H2,1-2H3. The summed E-state index contributed by atoms with van der Waals surface area (Å²) in [5, 5.41) is 7.35. The minimum Gasteiger partial charge on any atom is -0.306 e. The summed E-state index contributed by atoms with van der Waals surface area (Å²) in [5.41, 5.74) is 1.31. The van der Waals surface area contributed by atoms with Crippen molar-refractivity contribution in [1.82, 2.24) is 10.3 Å². The molecule has 2 nitrogen and oxygen atoms in total. The molecule has 1 atom stereocenters. The lowest BCUT2D eigenvalue weighted by atomic mass is 10.0. The van der Waals surface area contributed by atoms with E-state index in [1.54, 1.807) is 11.3 Å². The molecule has 2 aromatic carbocycles. The normalized spacial score (nSPS) is 12.7. The molecule has 0 saturated heterocycles. The van der Waals surface area contributed by atoms with Crippen LogP contribution < -0.4 is 5.32 Å². The maximum Gasteiger partial charge on any atom is 0.0897 e. The molecule has 1 heterocycles. The van der Waals surface area contributed by atoms with Crippen molar-refractivity contribution in [3.63, 3.8) is 0 Å². The first-order chi connectivity index (χ1) is 10.3. The summed E-state index contributed by atoms with van der Waals surface area (Å²) in [6, 6.07) is 15.5. The zero-order valence-electron chi connectivity index (χ0n) is 12.5. The van der Waals surface area contributed by atoms with E-state index in [9.17, 15) is 0 Å². The lowest BCUT2D eigenvalue weighted by Crippen LogP contribution is -2.22. The van der Waals surface area contributed by atoms with Gasteiger partial charge in [-0.25, -0.2) is 4.98 Å². The molecule has 1 N–H and O–H groups in total. The number of aryl methyl sites for hydroxylation is 1. The Morgan fingerprint density at radius 2 is 1.95 bits per heavy atom. The molecule has 21 heavy (non-hydrogen) atoms. The molecule has 0 amide bonds. The van der Waals surface area contributed by atoms with E-state index in [1.165, 1.54) is 21.2 Å². The largest absolute Gasteiger partial charge is 0.306 e. The van der Waals surface area contributed by atoms with Crippen molar-refractivity contribution in [2.75, 3.05) is 6.54 Å². The molecule has 1 aromatic heterocycles. The van der Waals surface area contributed by atoms with Crippen LogP contribution in [0.3, 0.4) is 0 Å². The summed E-state index contributed by atoms with van der Waals surface area (Å²) in [5.74, 6) is 0. The Morgan fingerprint density at radius 3 is 2.67 bits per heavy atom. The first kappa shape index (κ1) is 14.2. The van der Waals surface area contributed by atoms with Gasteiger partial charge in [-0.05, 0) is 42.3 Å². The fourth-order valence-electron chi connectivity index (χ4n) is 2.57. The van der Waals surface area contributed by atoms with E-state index in [-0.39, 0.29) is 6.04 Å². The van der Waals surface area contributed by atoms with Crippen molar-refractivity contribution in [1.29, 1.82) is 0 Å². The molecule has 0 aliphatic carbocycles. The monoisotopic (exact) mass is 296 g/mol. The average Bonchev–Trinajstić information content (AvgIpc) is 2.94. The van der Waals surface area contributed by atoms with Crippen LogP contribution >= 0.6 is 11.3 Å². The highest BCUT2D eigenvalue weighted by Gasteiger charge is 2.16. The molecular formula is C18H20N2S. The van der Waals surface area contributed by atoms with Gasteiger partial charge < -0.3 is 5.32 Å². The van der Waals surface area contributed by atoms with Crippen LogP contribution in [0.5, 0.6) is 0 Å². The first-order valence-corrected chi connectivity index (χ1v) is 8.24. The minimum absolute atomic E-state index is 0.237. The van der Waals surface area contributed by atoms with Gasteiger partial charge >= 0.3 is 0 Å². The second-order valence-electron chi connectivity index (χ2n) is 5.28. The second-order valence-corrected chi connectivity index (χ2v) is 6.54. The fraction of sp³-hybridized carbons (Fsp3) is 0.278. The number of thiazole rings is 1. The summed E-state index contributed by atoms with van der Waals surface area (Å²) in [6.07, 6.45) is 3.13. The van der Waals surface area contributed by atoms with E-state index >= 15 is 0 Å². The van der Waals surface area contributed by atoms with Crippen LogP contribution in [-0.2, 0) is 0 Å². The summed E-state index contributed by atoms with van der Waals surface area (Å²) in [4.78, 5) is 5.70. The van der Waals surface area contributed by atoms with E-state index in [2.05, 4.69) is 66.6 Å². The van der Waals surface area contributed by atoms with Crippen LogP contribution in [0, 0.1) is 6.92 Å². The van der Waals surface area contributed by atoms with Gasteiger partial charge in [0.15, 0.2) is 0 Å². The van der Waals surface area contributed by atoms with Crippen LogP contribution in [0.4, 0.5) is 0 Å². The Hall–Kier alpha value is -1.71. The Labute approximate surface area is 129 Å². The minimum atomic E-state index is 0.237. The number of hydrogen-bond donors (Lipinski definition) is 1. The Kier molecular flexibility index (Phi) is 4.32. The molecule has 3 heteroatoms. The van der Waals surface area contributed by atoms with Crippen LogP contribution in [0.15, 0.2) is 48.7 Å². The first-order valence-electron chi connectivity index (χ1n) is 7.42. The van der Waals surface area contributed by atoms with Crippen LogP contribution in [0.1, 0.15) is 34.8 Å². The fourth-order valence-corrected chi connectivity index (χ4v) is 3.46. The van der Waals surface area contributed by atoms with Crippen molar-refractivity contribution in [3.05, 3.63) is 64.1 Å². The van der Waals surface area contributed by atoms with E-state index in [0.717, 1.165) is 18.0 Å². The Morgan fingerprint density at radius 1 is 1.14 bits per heavy atom. The maximum atomic E-state index is 4.41. The van der Waals surface area contributed by atoms with Crippen LogP contribution in [0.25, 0.3) is 10.8 Å². The second kappa shape index (κ2) is 6.37. The number of fused-ring (bicyclic) bond motifs is 1.